The smallest absolute Gasteiger partial charge is 0.0133 e. The standard InChI is InChI=1S/2C13H9I/c2*14-11-5-6-13-10(8-11)7-9-3-1-2-4-12(9)13/h2*1-6,8H,7H2. The summed E-state index contributed by atoms with van der Waals surface area (Å²) in [6, 6.07) is 30.8. The molecule has 0 N–H and O–H groups in total. The zero-order valence-corrected chi connectivity index (χ0v) is 19.6. The molecule has 136 valence electrons. The van der Waals surface area contributed by atoms with Crippen molar-refractivity contribution in [2.75, 3.05) is 0 Å². The van der Waals surface area contributed by atoms with Gasteiger partial charge in [0.2, 0.25) is 0 Å². The predicted molar refractivity (Wildman–Crippen MR) is 135 cm³/mol. The monoisotopic (exact) mass is 584 g/mol. The Balaban J connectivity index is 0.000000122. The Morgan fingerprint density at radius 3 is 1.29 bits per heavy atom. The van der Waals surface area contributed by atoms with Gasteiger partial charge in [-0.05, 0) is 127 Å². The topological polar surface area (TPSA) is 0 Å². The van der Waals surface area contributed by atoms with Crippen LogP contribution >= 0.6 is 45.2 Å². The van der Waals surface area contributed by atoms with Crippen LogP contribution in [0.4, 0.5) is 0 Å². The Morgan fingerprint density at radius 1 is 0.429 bits per heavy atom. The third-order valence-electron chi connectivity index (χ3n) is 5.51. The quantitative estimate of drug-likeness (QED) is 0.161. The van der Waals surface area contributed by atoms with E-state index >= 15 is 0 Å². The molecule has 0 unspecified atom stereocenters. The Labute approximate surface area is 193 Å². The fraction of sp³-hybridized carbons (Fsp3) is 0.0769. The molecule has 0 saturated carbocycles. The molecule has 0 atom stereocenters. The van der Waals surface area contributed by atoms with E-state index in [0.717, 1.165) is 12.8 Å². The summed E-state index contributed by atoms with van der Waals surface area (Å²) in [5.74, 6) is 0. The van der Waals surface area contributed by atoms with Crippen LogP contribution in [-0.2, 0) is 12.8 Å². The van der Waals surface area contributed by atoms with Crippen LogP contribution in [0.15, 0.2) is 84.9 Å². The van der Waals surface area contributed by atoms with Crippen molar-refractivity contribution in [2.45, 2.75) is 12.8 Å². The molecule has 4 aromatic rings. The van der Waals surface area contributed by atoms with Gasteiger partial charge in [-0.1, -0.05) is 60.7 Å². The third-order valence-corrected chi connectivity index (χ3v) is 6.85. The molecule has 6 rings (SSSR count). The molecule has 0 saturated heterocycles. The maximum absolute atomic E-state index is 2.37. The largest absolute Gasteiger partial charge is 0.0619 e. The average Bonchev–Trinajstić information content (AvgIpc) is 3.25. The van der Waals surface area contributed by atoms with Gasteiger partial charge in [-0.25, -0.2) is 0 Å². The molecule has 0 amide bonds. The first-order chi connectivity index (χ1) is 13.7. The molecule has 0 radical (unpaired) electrons. The highest BCUT2D eigenvalue weighted by Crippen LogP contribution is 2.37. The van der Waals surface area contributed by atoms with Crippen molar-refractivity contribution in [1.82, 2.24) is 0 Å². The third kappa shape index (κ3) is 3.41. The Kier molecular flexibility index (Phi) is 5.01. The van der Waals surface area contributed by atoms with Crippen molar-refractivity contribution in [3.8, 4) is 22.3 Å². The molecular weight excluding hydrogens is 566 g/mol. The number of fused-ring (bicyclic) bond motifs is 6. The average molecular weight is 584 g/mol. The summed E-state index contributed by atoms with van der Waals surface area (Å²) in [4.78, 5) is 0. The van der Waals surface area contributed by atoms with E-state index in [4.69, 9.17) is 0 Å². The van der Waals surface area contributed by atoms with Crippen molar-refractivity contribution in [1.29, 1.82) is 0 Å². The van der Waals surface area contributed by atoms with E-state index in [0.29, 0.717) is 0 Å². The Hall–Kier alpha value is -1.66. The van der Waals surface area contributed by atoms with E-state index in [9.17, 15) is 0 Å². The normalized spacial score (nSPS) is 12.4. The van der Waals surface area contributed by atoms with Crippen molar-refractivity contribution in [3.05, 3.63) is 114 Å². The molecule has 2 aliphatic carbocycles. The molecule has 0 aromatic heterocycles. The van der Waals surface area contributed by atoms with Crippen LogP contribution in [-0.4, -0.2) is 0 Å². The summed E-state index contributed by atoms with van der Waals surface area (Å²) in [6.45, 7) is 0. The van der Waals surface area contributed by atoms with E-state index in [1.165, 1.54) is 51.6 Å². The van der Waals surface area contributed by atoms with Crippen molar-refractivity contribution < 1.29 is 0 Å². The zero-order valence-electron chi connectivity index (χ0n) is 15.3. The maximum atomic E-state index is 2.37. The lowest BCUT2D eigenvalue weighted by Crippen LogP contribution is -1.80. The van der Waals surface area contributed by atoms with Crippen LogP contribution in [0.3, 0.4) is 0 Å². The first-order valence-corrected chi connectivity index (χ1v) is 11.6. The summed E-state index contributed by atoms with van der Waals surface area (Å²) in [6.07, 6.45) is 2.20. The van der Waals surface area contributed by atoms with Gasteiger partial charge in [-0.15, -0.1) is 0 Å². The van der Waals surface area contributed by atoms with Gasteiger partial charge in [-0.2, -0.15) is 0 Å². The van der Waals surface area contributed by atoms with E-state index in [1.807, 2.05) is 0 Å². The molecule has 0 bridgehead atoms. The number of rotatable bonds is 0. The van der Waals surface area contributed by atoms with Gasteiger partial charge >= 0.3 is 0 Å². The lowest BCUT2D eigenvalue weighted by molar-refractivity contribution is 1.26. The van der Waals surface area contributed by atoms with Crippen LogP contribution in [0.1, 0.15) is 22.3 Å². The lowest BCUT2D eigenvalue weighted by Gasteiger charge is -1.99. The van der Waals surface area contributed by atoms with Crippen LogP contribution in [0, 0.1) is 7.14 Å². The van der Waals surface area contributed by atoms with Crippen LogP contribution in [0.5, 0.6) is 0 Å². The molecule has 4 aromatic carbocycles. The second kappa shape index (κ2) is 7.64. The van der Waals surface area contributed by atoms with Gasteiger partial charge in [0.1, 0.15) is 0 Å². The number of hydrogen-bond acceptors (Lipinski definition) is 0. The van der Waals surface area contributed by atoms with Crippen LogP contribution < -0.4 is 0 Å². The Bertz CT molecular complexity index is 1100. The first-order valence-electron chi connectivity index (χ1n) is 9.42. The molecule has 28 heavy (non-hydrogen) atoms. The Morgan fingerprint density at radius 2 is 0.821 bits per heavy atom. The summed E-state index contributed by atoms with van der Waals surface area (Å²) >= 11 is 4.75. The molecule has 0 nitrogen and oxygen atoms in total. The van der Waals surface area contributed by atoms with Crippen LogP contribution in [0.2, 0.25) is 0 Å². The van der Waals surface area contributed by atoms with Gasteiger partial charge in [0, 0.05) is 7.14 Å². The zero-order chi connectivity index (χ0) is 19.1. The van der Waals surface area contributed by atoms with Crippen molar-refractivity contribution in [2.24, 2.45) is 0 Å². The molecule has 0 fully saturated rings. The second-order valence-electron chi connectivity index (χ2n) is 7.27. The minimum Gasteiger partial charge on any atom is -0.0619 e. The molecule has 2 aliphatic rings. The van der Waals surface area contributed by atoms with Gasteiger partial charge < -0.3 is 0 Å². The molecule has 0 heterocycles. The first kappa shape index (κ1) is 18.4. The molecule has 2 heteroatoms. The van der Waals surface area contributed by atoms with E-state index in [-0.39, 0.29) is 0 Å². The highest BCUT2D eigenvalue weighted by atomic mass is 127. The summed E-state index contributed by atoms with van der Waals surface area (Å²) in [5.41, 5.74) is 11.5. The molecular formula is C26H18I2. The van der Waals surface area contributed by atoms with Crippen molar-refractivity contribution >= 4 is 45.2 Å². The van der Waals surface area contributed by atoms with Crippen molar-refractivity contribution in [3.63, 3.8) is 0 Å². The summed E-state index contributed by atoms with van der Waals surface area (Å²) in [7, 11) is 0. The minimum absolute atomic E-state index is 1.10. The number of hydrogen-bond donors (Lipinski definition) is 0. The lowest BCUT2D eigenvalue weighted by atomic mass is 10.1. The van der Waals surface area contributed by atoms with Gasteiger partial charge in [0.15, 0.2) is 0 Å². The van der Waals surface area contributed by atoms with Gasteiger partial charge in [0.25, 0.3) is 0 Å². The highest BCUT2D eigenvalue weighted by Gasteiger charge is 2.18. The second-order valence-corrected chi connectivity index (χ2v) is 9.76. The SMILES string of the molecule is Ic1ccc2c(c1)Cc1ccccc1-2.Ic1ccc2c(c1)Cc1ccccc1-2. The highest BCUT2D eigenvalue weighted by molar-refractivity contribution is 14.1. The summed E-state index contributed by atoms with van der Waals surface area (Å²) < 4.78 is 2.66. The summed E-state index contributed by atoms with van der Waals surface area (Å²) in [5, 5.41) is 0. The van der Waals surface area contributed by atoms with Gasteiger partial charge in [-0.3, -0.25) is 0 Å². The number of benzene rings is 4. The van der Waals surface area contributed by atoms with E-state index in [1.54, 1.807) is 0 Å². The van der Waals surface area contributed by atoms with Gasteiger partial charge in [0.05, 0.1) is 0 Å². The minimum atomic E-state index is 1.10. The number of halogens is 2. The van der Waals surface area contributed by atoms with E-state index < -0.39 is 0 Å². The fourth-order valence-corrected chi connectivity index (χ4v) is 5.34. The predicted octanol–water partition coefficient (Wildman–Crippen LogP) is 7.72. The fourth-order valence-electron chi connectivity index (χ4n) is 4.23. The maximum Gasteiger partial charge on any atom is 0.0133 e. The van der Waals surface area contributed by atoms with E-state index in [2.05, 4.69) is 130 Å². The molecule has 0 spiro atoms. The molecule has 0 aliphatic heterocycles. The van der Waals surface area contributed by atoms with Crippen LogP contribution in [0.25, 0.3) is 22.3 Å².